The van der Waals surface area contributed by atoms with Crippen LogP contribution in [0.3, 0.4) is 0 Å². The van der Waals surface area contributed by atoms with Crippen molar-refractivity contribution >= 4 is 17.2 Å². The highest BCUT2D eigenvalue weighted by Crippen LogP contribution is 2.26. The van der Waals surface area contributed by atoms with Crippen LogP contribution < -0.4 is 5.32 Å². The van der Waals surface area contributed by atoms with Crippen LogP contribution >= 0.6 is 11.3 Å². The molecule has 1 N–H and O–H groups in total. The van der Waals surface area contributed by atoms with E-state index in [4.69, 9.17) is 0 Å². The first-order valence-electron chi connectivity index (χ1n) is 7.07. The molecular weight excluding hydrogens is 292 g/mol. The number of thiazole rings is 1. The van der Waals surface area contributed by atoms with Crippen LogP contribution in [0.1, 0.15) is 21.6 Å². The van der Waals surface area contributed by atoms with Gasteiger partial charge in [-0.15, -0.1) is 11.3 Å². The molecule has 0 aliphatic rings. The van der Waals surface area contributed by atoms with E-state index in [0.717, 1.165) is 16.3 Å². The maximum Gasteiger partial charge on any atom is 0.251 e. The molecule has 0 spiro atoms. The number of nitrogens with zero attached hydrogens (tertiary/aromatic N) is 1. The van der Waals surface area contributed by atoms with Crippen LogP contribution in [0.5, 0.6) is 0 Å². The van der Waals surface area contributed by atoms with E-state index in [1.54, 1.807) is 23.5 Å². The van der Waals surface area contributed by atoms with Gasteiger partial charge in [0.15, 0.2) is 0 Å². The summed E-state index contributed by atoms with van der Waals surface area (Å²) in [5, 5.41) is 5.88. The summed E-state index contributed by atoms with van der Waals surface area (Å²) < 4.78 is 0. The van der Waals surface area contributed by atoms with Gasteiger partial charge in [-0.3, -0.25) is 4.79 Å². The summed E-state index contributed by atoms with van der Waals surface area (Å²) in [7, 11) is 0. The van der Waals surface area contributed by atoms with Crippen LogP contribution in [-0.4, -0.2) is 10.9 Å². The molecule has 1 amide bonds. The number of amides is 1. The van der Waals surface area contributed by atoms with Gasteiger partial charge in [0.05, 0.1) is 12.2 Å². The zero-order chi connectivity index (χ0) is 15.4. The number of benzene rings is 2. The molecule has 3 aromatic rings. The summed E-state index contributed by atoms with van der Waals surface area (Å²) in [6, 6.07) is 17.4. The lowest BCUT2D eigenvalue weighted by Crippen LogP contribution is -2.22. The van der Waals surface area contributed by atoms with Crippen molar-refractivity contribution in [3.05, 3.63) is 76.8 Å². The van der Waals surface area contributed by atoms with E-state index in [1.165, 1.54) is 5.56 Å². The van der Waals surface area contributed by atoms with Gasteiger partial charge in [0, 0.05) is 16.5 Å². The molecule has 1 heterocycles. The van der Waals surface area contributed by atoms with E-state index in [9.17, 15) is 4.79 Å². The summed E-state index contributed by atoms with van der Waals surface area (Å²) in [5.74, 6) is -0.0777. The van der Waals surface area contributed by atoms with Gasteiger partial charge in [-0.05, 0) is 24.6 Å². The number of aromatic nitrogens is 1. The number of aryl methyl sites for hydroxylation is 1. The Kier molecular flexibility index (Phi) is 4.30. The monoisotopic (exact) mass is 308 g/mol. The van der Waals surface area contributed by atoms with Crippen molar-refractivity contribution in [3.63, 3.8) is 0 Å². The average Bonchev–Trinajstić information content (AvgIpc) is 3.02. The smallest absolute Gasteiger partial charge is 0.251 e. The second kappa shape index (κ2) is 6.54. The Morgan fingerprint density at radius 2 is 1.82 bits per heavy atom. The quantitative estimate of drug-likeness (QED) is 0.790. The largest absolute Gasteiger partial charge is 0.346 e. The normalized spacial score (nSPS) is 10.4. The van der Waals surface area contributed by atoms with Gasteiger partial charge >= 0.3 is 0 Å². The Labute approximate surface area is 133 Å². The standard InChI is InChI=1S/C18H16N2OS/c1-13-7-5-6-10-16(13)18-20-15(12-22-18)11-19-17(21)14-8-3-2-4-9-14/h2-10,12H,11H2,1H3,(H,19,21). The summed E-state index contributed by atoms with van der Waals surface area (Å²) in [5.41, 5.74) is 3.90. The van der Waals surface area contributed by atoms with Gasteiger partial charge in [0.2, 0.25) is 0 Å². The third-order valence-corrected chi connectivity index (χ3v) is 4.32. The van der Waals surface area contributed by atoms with Crippen molar-refractivity contribution in [2.75, 3.05) is 0 Å². The van der Waals surface area contributed by atoms with E-state index >= 15 is 0 Å². The first kappa shape index (κ1) is 14.5. The molecule has 0 aliphatic heterocycles. The molecule has 0 bridgehead atoms. The molecule has 0 unspecified atom stereocenters. The second-order valence-electron chi connectivity index (χ2n) is 5.01. The highest BCUT2D eigenvalue weighted by molar-refractivity contribution is 7.13. The van der Waals surface area contributed by atoms with Crippen LogP contribution in [0.25, 0.3) is 10.6 Å². The van der Waals surface area contributed by atoms with Crippen LogP contribution in [-0.2, 0) is 6.54 Å². The number of carbonyl (C=O) groups excluding carboxylic acids is 1. The van der Waals surface area contributed by atoms with Crippen molar-refractivity contribution in [2.24, 2.45) is 0 Å². The first-order valence-corrected chi connectivity index (χ1v) is 7.95. The van der Waals surface area contributed by atoms with E-state index in [0.29, 0.717) is 12.1 Å². The average molecular weight is 308 g/mol. The van der Waals surface area contributed by atoms with Gasteiger partial charge in [0.25, 0.3) is 5.91 Å². The zero-order valence-corrected chi connectivity index (χ0v) is 13.1. The topological polar surface area (TPSA) is 42.0 Å². The minimum Gasteiger partial charge on any atom is -0.346 e. The predicted molar refractivity (Wildman–Crippen MR) is 89.9 cm³/mol. The lowest BCUT2D eigenvalue weighted by Gasteiger charge is -2.03. The molecule has 0 atom stereocenters. The van der Waals surface area contributed by atoms with Gasteiger partial charge in [-0.2, -0.15) is 0 Å². The van der Waals surface area contributed by atoms with Gasteiger partial charge < -0.3 is 5.32 Å². The fraction of sp³-hybridized carbons (Fsp3) is 0.111. The molecule has 110 valence electrons. The molecule has 0 radical (unpaired) electrons. The Balaban J connectivity index is 1.68. The lowest BCUT2D eigenvalue weighted by atomic mass is 10.1. The van der Waals surface area contributed by atoms with E-state index < -0.39 is 0 Å². The maximum absolute atomic E-state index is 12.0. The van der Waals surface area contributed by atoms with Crippen molar-refractivity contribution in [2.45, 2.75) is 13.5 Å². The number of hydrogen-bond acceptors (Lipinski definition) is 3. The highest BCUT2D eigenvalue weighted by atomic mass is 32.1. The number of rotatable bonds is 4. The number of hydrogen-bond donors (Lipinski definition) is 1. The van der Waals surface area contributed by atoms with Crippen LogP contribution in [0.4, 0.5) is 0 Å². The molecular formula is C18H16N2OS. The third-order valence-electron chi connectivity index (χ3n) is 3.39. The summed E-state index contributed by atoms with van der Waals surface area (Å²) in [6.45, 7) is 2.52. The van der Waals surface area contributed by atoms with Crippen LogP contribution in [0, 0.1) is 6.92 Å². The fourth-order valence-corrected chi connectivity index (χ4v) is 3.10. The van der Waals surface area contributed by atoms with E-state index in [-0.39, 0.29) is 5.91 Å². The molecule has 3 nitrogen and oxygen atoms in total. The first-order chi connectivity index (χ1) is 10.7. The Morgan fingerprint density at radius 3 is 2.59 bits per heavy atom. The van der Waals surface area contributed by atoms with Crippen molar-refractivity contribution < 1.29 is 4.79 Å². The molecule has 0 saturated heterocycles. The molecule has 3 rings (SSSR count). The lowest BCUT2D eigenvalue weighted by molar-refractivity contribution is 0.0950. The number of carbonyl (C=O) groups is 1. The summed E-state index contributed by atoms with van der Waals surface area (Å²) >= 11 is 1.60. The molecule has 4 heteroatoms. The molecule has 0 fully saturated rings. The fourth-order valence-electron chi connectivity index (χ4n) is 2.19. The minimum atomic E-state index is -0.0777. The van der Waals surface area contributed by atoms with Gasteiger partial charge in [0.1, 0.15) is 5.01 Å². The zero-order valence-electron chi connectivity index (χ0n) is 12.2. The molecule has 0 saturated carbocycles. The minimum absolute atomic E-state index is 0.0777. The van der Waals surface area contributed by atoms with Crippen molar-refractivity contribution in [1.29, 1.82) is 0 Å². The molecule has 0 aliphatic carbocycles. The Morgan fingerprint density at radius 1 is 1.09 bits per heavy atom. The van der Waals surface area contributed by atoms with Gasteiger partial charge in [-0.25, -0.2) is 4.98 Å². The summed E-state index contributed by atoms with van der Waals surface area (Å²) in [4.78, 5) is 16.6. The predicted octanol–water partition coefficient (Wildman–Crippen LogP) is 4.05. The van der Waals surface area contributed by atoms with Gasteiger partial charge in [-0.1, -0.05) is 42.5 Å². The van der Waals surface area contributed by atoms with Crippen molar-refractivity contribution in [1.82, 2.24) is 10.3 Å². The molecule has 2 aromatic carbocycles. The molecule has 22 heavy (non-hydrogen) atoms. The highest BCUT2D eigenvalue weighted by Gasteiger charge is 2.09. The van der Waals surface area contributed by atoms with E-state index in [2.05, 4.69) is 29.4 Å². The third kappa shape index (κ3) is 3.23. The molecule has 1 aromatic heterocycles. The maximum atomic E-state index is 12.0. The number of nitrogens with one attached hydrogen (secondary N) is 1. The summed E-state index contributed by atoms with van der Waals surface area (Å²) in [6.07, 6.45) is 0. The van der Waals surface area contributed by atoms with Crippen LogP contribution in [0.2, 0.25) is 0 Å². The Hall–Kier alpha value is -2.46. The van der Waals surface area contributed by atoms with E-state index in [1.807, 2.05) is 35.7 Å². The van der Waals surface area contributed by atoms with Crippen molar-refractivity contribution in [3.8, 4) is 10.6 Å². The second-order valence-corrected chi connectivity index (χ2v) is 5.87. The Bertz CT molecular complexity index is 781. The van der Waals surface area contributed by atoms with Crippen LogP contribution in [0.15, 0.2) is 60.0 Å². The SMILES string of the molecule is Cc1ccccc1-c1nc(CNC(=O)c2ccccc2)cs1.